The number of furan rings is 1. The van der Waals surface area contributed by atoms with Crippen molar-refractivity contribution in [2.45, 2.75) is 30.3 Å². The molecule has 2 heterocycles. The third kappa shape index (κ3) is 5.94. The number of nitrogens with zero attached hydrogens (tertiary/aromatic N) is 2. The number of carbonyl (C=O) groups excluding carboxylic acids is 2. The van der Waals surface area contributed by atoms with E-state index in [0.717, 1.165) is 16.2 Å². The quantitative estimate of drug-likeness (QED) is 0.207. The second-order valence-corrected chi connectivity index (χ2v) is 9.29. The second kappa shape index (κ2) is 11.0. The number of nitriles is 2. The van der Waals surface area contributed by atoms with E-state index >= 15 is 0 Å². The topological polar surface area (TPSA) is 104 Å². The average molecular weight is 497 g/mol. The molecule has 0 N–H and O–H groups in total. The molecule has 0 atom stereocenters. The van der Waals surface area contributed by atoms with Crippen LogP contribution >= 0.6 is 34.7 Å². The monoisotopic (exact) mass is 496 g/mol. The number of Topliss-reactive ketones (excluding diaryl/α,β-unsaturated/α-hetero) is 1. The van der Waals surface area contributed by atoms with Crippen molar-refractivity contribution < 1.29 is 18.7 Å². The first-order valence-electron chi connectivity index (χ1n) is 9.74. The maximum Gasteiger partial charge on any atom is 0.348 e. The number of benzene rings is 1. The van der Waals surface area contributed by atoms with Crippen molar-refractivity contribution in [2.24, 2.45) is 0 Å². The molecule has 3 aromatic rings. The molecular weight excluding hydrogens is 480 g/mol. The van der Waals surface area contributed by atoms with Crippen LogP contribution in [-0.2, 0) is 16.0 Å². The Morgan fingerprint density at radius 1 is 1.21 bits per heavy atom. The number of halogens is 1. The van der Waals surface area contributed by atoms with Crippen LogP contribution in [0.1, 0.15) is 38.4 Å². The molecule has 33 heavy (non-hydrogen) atoms. The van der Waals surface area contributed by atoms with Crippen molar-refractivity contribution >= 4 is 52.5 Å². The van der Waals surface area contributed by atoms with Crippen molar-refractivity contribution in [3.05, 3.63) is 73.6 Å². The van der Waals surface area contributed by atoms with Gasteiger partial charge in [0.2, 0.25) is 0 Å². The number of thiophene rings is 1. The molecule has 0 spiro atoms. The lowest BCUT2D eigenvalue weighted by Crippen LogP contribution is -2.05. The Bertz CT molecular complexity index is 1310. The third-order valence-corrected chi connectivity index (χ3v) is 6.91. The van der Waals surface area contributed by atoms with Crippen LogP contribution in [0.5, 0.6) is 0 Å². The maximum absolute atomic E-state index is 12.8. The normalized spacial score (nSPS) is 11.0. The zero-order chi connectivity index (χ0) is 24.0. The molecule has 0 amide bonds. The van der Waals surface area contributed by atoms with Gasteiger partial charge in [-0.3, -0.25) is 4.79 Å². The number of hydrogen-bond donors (Lipinski definition) is 0. The van der Waals surface area contributed by atoms with Crippen molar-refractivity contribution in [3.63, 3.8) is 0 Å². The second-order valence-electron chi connectivity index (χ2n) is 6.67. The van der Waals surface area contributed by atoms with Gasteiger partial charge in [0.1, 0.15) is 22.8 Å². The summed E-state index contributed by atoms with van der Waals surface area (Å²) in [5.74, 6) is -0.659. The molecule has 0 aliphatic carbocycles. The van der Waals surface area contributed by atoms with Gasteiger partial charge in [0, 0.05) is 27.3 Å². The molecular formula is C24H17ClN2O4S2. The Kier molecular flexibility index (Phi) is 8.13. The summed E-state index contributed by atoms with van der Waals surface area (Å²) in [7, 11) is 0. The molecule has 0 fully saturated rings. The van der Waals surface area contributed by atoms with Gasteiger partial charge in [-0.15, -0.1) is 11.3 Å². The number of ether oxygens (including phenoxy) is 1. The van der Waals surface area contributed by atoms with Crippen LogP contribution in [-0.4, -0.2) is 18.4 Å². The Labute approximate surface area is 204 Å². The van der Waals surface area contributed by atoms with E-state index in [1.165, 1.54) is 17.8 Å². The summed E-state index contributed by atoms with van der Waals surface area (Å²) in [6, 6.07) is 14.6. The van der Waals surface area contributed by atoms with Gasteiger partial charge in [-0.1, -0.05) is 23.4 Å². The predicted molar refractivity (Wildman–Crippen MR) is 126 cm³/mol. The van der Waals surface area contributed by atoms with Gasteiger partial charge in [0.15, 0.2) is 10.9 Å². The predicted octanol–water partition coefficient (Wildman–Crippen LogP) is 6.22. The lowest BCUT2D eigenvalue weighted by molar-refractivity contribution is -0.114. The summed E-state index contributed by atoms with van der Waals surface area (Å²) >= 11 is 8.31. The van der Waals surface area contributed by atoms with E-state index in [-0.39, 0.29) is 29.0 Å². The lowest BCUT2D eigenvalue weighted by atomic mass is 10.0. The summed E-state index contributed by atoms with van der Waals surface area (Å²) in [5, 5.41) is 20.2. The van der Waals surface area contributed by atoms with Crippen molar-refractivity contribution in [3.8, 4) is 12.1 Å². The molecule has 3 rings (SSSR count). The number of allylic oxidation sites excluding steroid dienone is 1. The molecule has 0 radical (unpaired) electrons. The minimum Gasteiger partial charge on any atom is -0.462 e. The van der Waals surface area contributed by atoms with E-state index in [0.29, 0.717) is 26.3 Å². The summed E-state index contributed by atoms with van der Waals surface area (Å²) in [5.41, 5.74) is 0.620. The molecule has 0 unspecified atom stereocenters. The lowest BCUT2D eigenvalue weighted by Gasteiger charge is -1.99. The van der Waals surface area contributed by atoms with Crippen LogP contribution in [0.2, 0.25) is 5.02 Å². The molecule has 2 aromatic heterocycles. The average Bonchev–Trinajstić information content (AvgIpc) is 3.37. The molecule has 0 bridgehead atoms. The minimum atomic E-state index is -0.535. The highest BCUT2D eigenvalue weighted by molar-refractivity contribution is 7.99. The Morgan fingerprint density at radius 2 is 1.94 bits per heavy atom. The van der Waals surface area contributed by atoms with Crippen molar-refractivity contribution in [2.75, 3.05) is 6.61 Å². The fraction of sp³-hybridized carbons (Fsp3) is 0.167. The van der Waals surface area contributed by atoms with E-state index in [9.17, 15) is 20.1 Å². The number of ketones is 1. The van der Waals surface area contributed by atoms with Gasteiger partial charge in [0.25, 0.3) is 0 Å². The summed E-state index contributed by atoms with van der Waals surface area (Å²) in [4.78, 5) is 26.5. The standard InChI is InChI=1S/C24H17ClN2O4S2/c1-3-30-24(29)23-14(2)19(13-27)21(33-23)11-20(28)15(12-26)10-17-6-9-22(31-17)32-18-7-4-16(25)5-8-18/h4-10H,3,11H2,1-2H3/b15-10+. The summed E-state index contributed by atoms with van der Waals surface area (Å²) in [6.07, 6.45) is 1.19. The first kappa shape index (κ1) is 24.3. The van der Waals surface area contributed by atoms with Gasteiger partial charge < -0.3 is 9.15 Å². The zero-order valence-corrected chi connectivity index (χ0v) is 20.1. The molecule has 6 nitrogen and oxygen atoms in total. The number of rotatable bonds is 8. The molecule has 0 aliphatic heterocycles. The van der Waals surface area contributed by atoms with E-state index < -0.39 is 11.8 Å². The number of hydrogen-bond acceptors (Lipinski definition) is 8. The molecule has 0 saturated carbocycles. The Morgan fingerprint density at radius 3 is 2.58 bits per heavy atom. The van der Waals surface area contributed by atoms with E-state index in [2.05, 4.69) is 0 Å². The van der Waals surface area contributed by atoms with Crippen LogP contribution in [0.3, 0.4) is 0 Å². The van der Waals surface area contributed by atoms with Gasteiger partial charge >= 0.3 is 5.97 Å². The first-order valence-corrected chi connectivity index (χ1v) is 11.7. The Balaban J connectivity index is 1.78. The largest absolute Gasteiger partial charge is 0.462 e. The van der Waals surface area contributed by atoms with Crippen molar-refractivity contribution in [1.82, 2.24) is 0 Å². The Hall–Kier alpha value is -3.30. The number of esters is 1. The van der Waals surface area contributed by atoms with Gasteiger partial charge in [-0.05, 0) is 55.8 Å². The van der Waals surface area contributed by atoms with Crippen LogP contribution in [0.25, 0.3) is 6.08 Å². The molecule has 166 valence electrons. The third-order valence-electron chi connectivity index (χ3n) is 4.46. The van der Waals surface area contributed by atoms with Crippen LogP contribution < -0.4 is 0 Å². The molecule has 1 aromatic carbocycles. The van der Waals surface area contributed by atoms with Crippen LogP contribution in [0.4, 0.5) is 0 Å². The van der Waals surface area contributed by atoms with Crippen LogP contribution in [0.15, 0.2) is 56.4 Å². The maximum atomic E-state index is 12.8. The first-order chi connectivity index (χ1) is 15.9. The fourth-order valence-corrected chi connectivity index (χ4v) is 4.93. The van der Waals surface area contributed by atoms with Gasteiger partial charge in [-0.25, -0.2) is 4.79 Å². The van der Waals surface area contributed by atoms with Crippen molar-refractivity contribution in [1.29, 1.82) is 10.5 Å². The van der Waals surface area contributed by atoms with E-state index in [1.54, 1.807) is 38.1 Å². The minimum absolute atomic E-state index is 0.111. The highest BCUT2D eigenvalue weighted by atomic mass is 35.5. The summed E-state index contributed by atoms with van der Waals surface area (Å²) in [6.45, 7) is 3.53. The fourth-order valence-electron chi connectivity index (χ4n) is 2.88. The molecule has 0 saturated heterocycles. The van der Waals surface area contributed by atoms with Crippen LogP contribution in [0, 0.1) is 29.6 Å². The zero-order valence-electron chi connectivity index (χ0n) is 17.7. The van der Waals surface area contributed by atoms with Gasteiger partial charge in [0.05, 0.1) is 17.7 Å². The van der Waals surface area contributed by atoms with Gasteiger partial charge in [-0.2, -0.15) is 10.5 Å². The molecule has 9 heteroatoms. The highest BCUT2D eigenvalue weighted by Gasteiger charge is 2.23. The smallest absolute Gasteiger partial charge is 0.348 e. The highest BCUT2D eigenvalue weighted by Crippen LogP contribution is 2.32. The molecule has 0 aliphatic rings. The summed E-state index contributed by atoms with van der Waals surface area (Å²) < 4.78 is 10.7. The number of carbonyl (C=O) groups is 2. The van der Waals surface area contributed by atoms with E-state index in [4.69, 9.17) is 20.8 Å². The van der Waals surface area contributed by atoms with E-state index in [1.807, 2.05) is 24.3 Å². The SMILES string of the molecule is CCOC(=O)c1sc(CC(=O)/C(C#N)=C/c2ccc(Sc3ccc(Cl)cc3)o2)c(C#N)c1C.